The molecular weight excluding hydrogens is 220 g/mol. The molecule has 2 N–H and O–H groups in total. The Morgan fingerprint density at radius 1 is 1.33 bits per heavy atom. The van der Waals surface area contributed by atoms with Crippen LogP contribution in [0, 0.1) is 5.41 Å². The molecular formula is C16H22N2. The van der Waals surface area contributed by atoms with Crippen molar-refractivity contribution in [3.63, 3.8) is 0 Å². The molecule has 1 heterocycles. The number of fused-ring (bicyclic) bond motifs is 1. The van der Waals surface area contributed by atoms with E-state index in [9.17, 15) is 0 Å². The number of nitrogens with one attached hydrogen (secondary N) is 2. The number of aromatic nitrogens is 1. The lowest BCUT2D eigenvalue weighted by molar-refractivity contribution is 0.364. The molecule has 1 fully saturated rings. The quantitative estimate of drug-likeness (QED) is 0.841. The number of hydrogen-bond acceptors (Lipinski definition) is 1. The second kappa shape index (κ2) is 4.43. The van der Waals surface area contributed by atoms with Gasteiger partial charge in [0.15, 0.2) is 0 Å². The molecule has 0 saturated heterocycles. The van der Waals surface area contributed by atoms with Crippen LogP contribution in [0.2, 0.25) is 0 Å². The summed E-state index contributed by atoms with van der Waals surface area (Å²) in [6.07, 6.45) is 5.98. The highest BCUT2D eigenvalue weighted by Gasteiger charge is 2.30. The van der Waals surface area contributed by atoms with Gasteiger partial charge in [-0.05, 0) is 41.7 Å². The summed E-state index contributed by atoms with van der Waals surface area (Å²) in [7, 11) is 0. The minimum absolute atomic E-state index is 0.524. The van der Waals surface area contributed by atoms with Crippen molar-refractivity contribution in [2.75, 3.05) is 0 Å². The average molecular weight is 242 g/mol. The first kappa shape index (κ1) is 11.8. The third-order valence-electron chi connectivity index (χ3n) is 4.22. The second-order valence-corrected chi connectivity index (χ2v) is 6.34. The zero-order chi connectivity index (χ0) is 12.6. The zero-order valence-corrected chi connectivity index (χ0v) is 11.3. The fourth-order valence-electron chi connectivity index (χ4n) is 3.16. The van der Waals surface area contributed by atoms with Gasteiger partial charge in [-0.1, -0.05) is 32.0 Å². The van der Waals surface area contributed by atoms with Crippen LogP contribution in [0.15, 0.2) is 30.5 Å². The van der Waals surface area contributed by atoms with E-state index in [1.165, 1.54) is 35.7 Å². The molecule has 0 radical (unpaired) electrons. The van der Waals surface area contributed by atoms with E-state index in [-0.39, 0.29) is 0 Å². The summed E-state index contributed by atoms with van der Waals surface area (Å²) in [6, 6.07) is 9.34. The van der Waals surface area contributed by atoms with Crippen LogP contribution in [-0.4, -0.2) is 11.0 Å². The van der Waals surface area contributed by atoms with Crippen molar-refractivity contribution in [1.82, 2.24) is 10.3 Å². The van der Waals surface area contributed by atoms with Crippen LogP contribution in [-0.2, 0) is 6.54 Å². The van der Waals surface area contributed by atoms with Crippen LogP contribution in [0.1, 0.15) is 38.7 Å². The van der Waals surface area contributed by atoms with E-state index in [4.69, 9.17) is 0 Å². The topological polar surface area (TPSA) is 27.8 Å². The number of benzene rings is 1. The number of aromatic amines is 1. The highest BCUT2D eigenvalue weighted by molar-refractivity contribution is 5.82. The molecule has 1 aliphatic rings. The molecule has 0 amide bonds. The van der Waals surface area contributed by atoms with E-state index in [2.05, 4.69) is 48.4 Å². The molecule has 2 aromatic rings. The number of hydrogen-bond donors (Lipinski definition) is 2. The SMILES string of the molecule is CC1(C)CCC(NCc2cccc3cc[nH]c23)C1. The first-order valence-electron chi connectivity index (χ1n) is 6.92. The largest absolute Gasteiger partial charge is 0.361 e. The molecule has 1 aromatic heterocycles. The molecule has 1 aliphatic carbocycles. The van der Waals surface area contributed by atoms with Gasteiger partial charge in [-0.3, -0.25) is 0 Å². The Kier molecular flexibility index (Phi) is 2.90. The summed E-state index contributed by atoms with van der Waals surface area (Å²) >= 11 is 0. The summed E-state index contributed by atoms with van der Waals surface area (Å²) < 4.78 is 0. The predicted octanol–water partition coefficient (Wildman–Crippen LogP) is 3.84. The summed E-state index contributed by atoms with van der Waals surface area (Å²) in [5, 5.41) is 5.02. The summed E-state index contributed by atoms with van der Waals surface area (Å²) in [5.74, 6) is 0. The van der Waals surface area contributed by atoms with Crippen molar-refractivity contribution < 1.29 is 0 Å². The first-order chi connectivity index (χ1) is 8.64. The standard InChI is InChI=1S/C16H22N2/c1-16(2)8-6-14(10-16)18-11-13-5-3-4-12-7-9-17-15(12)13/h3-5,7,9,14,17-18H,6,8,10-11H2,1-2H3. The second-order valence-electron chi connectivity index (χ2n) is 6.34. The van der Waals surface area contributed by atoms with Crippen LogP contribution >= 0.6 is 0 Å². The van der Waals surface area contributed by atoms with E-state index in [0.717, 1.165) is 6.54 Å². The van der Waals surface area contributed by atoms with E-state index in [0.29, 0.717) is 11.5 Å². The number of para-hydroxylation sites is 1. The minimum Gasteiger partial charge on any atom is -0.361 e. The lowest BCUT2D eigenvalue weighted by Gasteiger charge is -2.18. The Labute approximate surface area is 109 Å². The molecule has 2 nitrogen and oxygen atoms in total. The molecule has 1 saturated carbocycles. The van der Waals surface area contributed by atoms with Crippen molar-refractivity contribution in [1.29, 1.82) is 0 Å². The molecule has 2 heteroatoms. The van der Waals surface area contributed by atoms with Crippen LogP contribution < -0.4 is 5.32 Å². The van der Waals surface area contributed by atoms with Crippen molar-refractivity contribution in [2.45, 2.75) is 45.7 Å². The van der Waals surface area contributed by atoms with E-state index >= 15 is 0 Å². The average Bonchev–Trinajstić information content (AvgIpc) is 2.92. The normalized spacial score (nSPS) is 22.7. The van der Waals surface area contributed by atoms with Crippen LogP contribution in [0.5, 0.6) is 0 Å². The first-order valence-corrected chi connectivity index (χ1v) is 6.92. The third-order valence-corrected chi connectivity index (χ3v) is 4.22. The highest BCUT2D eigenvalue weighted by atomic mass is 14.9. The highest BCUT2D eigenvalue weighted by Crippen LogP contribution is 2.37. The molecule has 1 atom stereocenters. The molecule has 96 valence electrons. The maximum absolute atomic E-state index is 3.72. The van der Waals surface area contributed by atoms with Crippen molar-refractivity contribution >= 4 is 10.9 Å². The molecule has 1 unspecified atom stereocenters. The van der Waals surface area contributed by atoms with Crippen LogP contribution in [0.25, 0.3) is 10.9 Å². The minimum atomic E-state index is 0.524. The summed E-state index contributed by atoms with van der Waals surface area (Å²) in [4.78, 5) is 3.34. The van der Waals surface area contributed by atoms with E-state index < -0.39 is 0 Å². The monoisotopic (exact) mass is 242 g/mol. The maximum Gasteiger partial charge on any atom is 0.0499 e. The number of H-pyrrole nitrogens is 1. The Balaban J connectivity index is 1.69. The lowest BCUT2D eigenvalue weighted by Crippen LogP contribution is -2.26. The van der Waals surface area contributed by atoms with Gasteiger partial charge in [0.1, 0.15) is 0 Å². The number of rotatable bonds is 3. The van der Waals surface area contributed by atoms with Gasteiger partial charge in [-0.15, -0.1) is 0 Å². The van der Waals surface area contributed by atoms with E-state index in [1.54, 1.807) is 0 Å². The zero-order valence-electron chi connectivity index (χ0n) is 11.3. The Bertz CT molecular complexity index is 539. The predicted molar refractivity (Wildman–Crippen MR) is 76.6 cm³/mol. The van der Waals surface area contributed by atoms with Crippen molar-refractivity contribution in [2.24, 2.45) is 5.41 Å². The smallest absolute Gasteiger partial charge is 0.0499 e. The van der Waals surface area contributed by atoms with Crippen molar-refractivity contribution in [3.8, 4) is 0 Å². The summed E-state index contributed by atoms with van der Waals surface area (Å²) in [6.45, 7) is 5.72. The molecule has 0 spiro atoms. The summed E-state index contributed by atoms with van der Waals surface area (Å²) in [5.41, 5.74) is 3.18. The van der Waals surface area contributed by atoms with Gasteiger partial charge >= 0.3 is 0 Å². The molecule has 1 aromatic carbocycles. The molecule has 18 heavy (non-hydrogen) atoms. The Morgan fingerprint density at radius 3 is 3.00 bits per heavy atom. The van der Waals surface area contributed by atoms with E-state index in [1.807, 2.05) is 6.20 Å². The Morgan fingerprint density at radius 2 is 2.22 bits per heavy atom. The van der Waals surface area contributed by atoms with Crippen LogP contribution in [0.3, 0.4) is 0 Å². The van der Waals surface area contributed by atoms with Gasteiger partial charge in [0, 0.05) is 24.3 Å². The maximum atomic E-state index is 3.72. The van der Waals surface area contributed by atoms with Gasteiger partial charge in [-0.25, -0.2) is 0 Å². The van der Waals surface area contributed by atoms with Crippen molar-refractivity contribution in [3.05, 3.63) is 36.0 Å². The fourth-order valence-corrected chi connectivity index (χ4v) is 3.16. The van der Waals surface area contributed by atoms with Gasteiger partial charge in [0.25, 0.3) is 0 Å². The molecule has 3 rings (SSSR count). The van der Waals surface area contributed by atoms with Gasteiger partial charge < -0.3 is 10.3 Å². The van der Waals surface area contributed by atoms with Gasteiger partial charge in [-0.2, -0.15) is 0 Å². The Hall–Kier alpha value is -1.28. The van der Waals surface area contributed by atoms with Crippen LogP contribution in [0.4, 0.5) is 0 Å². The molecule has 0 bridgehead atoms. The molecule has 0 aliphatic heterocycles. The fraction of sp³-hybridized carbons (Fsp3) is 0.500. The van der Waals surface area contributed by atoms with Gasteiger partial charge in [0.05, 0.1) is 0 Å². The lowest BCUT2D eigenvalue weighted by atomic mass is 9.92. The third kappa shape index (κ3) is 2.30. The van der Waals surface area contributed by atoms with Gasteiger partial charge in [0.2, 0.25) is 0 Å².